The second-order valence-electron chi connectivity index (χ2n) is 6.44. The highest BCUT2D eigenvalue weighted by Gasteiger charge is 2.23. The highest BCUT2D eigenvalue weighted by molar-refractivity contribution is 5.93. The van der Waals surface area contributed by atoms with E-state index in [0.29, 0.717) is 17.9 Å². The normalized spacial score (nSPS) is 13.2. The second kappa shape index (κ2) is 7.06. The minimum Gasteiger partial charge on any atom is -0.476 e. The summed E-state index contributed by atoms with van der Waals surface area (Å²) in [5.41, 5.74) is 2.85. The van der Waals surface area contributed by atoms with Gasteiger partial charge in [-0.2, -0.15) is 5.10 Å². The van der Waals surface area contributed by atoms with Crippen molar-refractivity contribution in [2.75, 3.05) is 0 Å². The molecule has 0 aliphatic heterocycles. The van der Waals surface area contributed by atoms with E-state index in [9.17, 15) is 9.59 Å². The van der Waals surface area contributed by atoms with Crippen LogP contribution in [0.2, 0.25) is 0 Å². The predicted octanol–water partition coefficient (Wildman–Crippen LogP) is 2.37. The van der Waals surface area contributed by atoms with E-state index in [1.165, 1.54) is 10.7 Å². The van der Waals surface area contributed by atoms with Crippen LogP contribution < -0.4 is 5.32 Å². The van der Waals surface area contributed by atoms with Gasteiger partial charge in [0.15, 0.2) is 11.4 Å². The third kappa shape index (κ3) is 3.46. The van der Waals surface area contributed by atoms with Gasteiger partial charge in [0.1, 0.15) is 5.76 Å². The van der Waals surface area contributed by atoms with E-state index >= 15 is 0 Å². The van der Waals surface area contributed by atoms with Gasteiger partial charge in [-0.15, -0.1) is 0 Å². The molecule has 0 saturated heterocycles. The fraction of sp³-hybridized carbons (Fsp3) is 0.263. The molecule has 0 saturated carbocycles. The average Bonchev–Trinajstić information content (AvgIpc) is 3.34. The van der Waals surface area contributed by atoms with Crippen molar-refractivity contribution in [1.29, 1.82) is 0 Å². The SMILES string of the molecule is O=C(O)c1ccn(-c2cccc(CNC(=O)c3noc4c3CCCC4)c2)n1. The lowest BCUT2D eigenvalue weighted by atomic mass is 9.96. The van der Waals surface area contributed by atoms with Crippen molar-refractivity contribution in [2.24, 2.45) is 0 Å². The number of aryl methyl sites for hydroxylation is 1. The highest BCUT2D eigenvalue weighted by atomic mass is 16.5. The molecule has 8 nitrogen and oxygen atoms in total. The van der Waals surface area contributed by atoms with Crippen LogP contribution in [-0.4, -0.2) is 31.9 Å². The molecule has 2 aromatic heterocycles. The van der Waals surface area contributed by atoms with E-state index in [-0.39, 0.29) is 11.6 Å². The number of aromatic carboxylic acids is 1. The summed E-state index contributed by atoms with van der Waals surface area (Å²) < 4.78 is 6.78. The van der Waals surface area contributed by atoms with Crippen molar-refractivity contribution in [3.8, 4) is 5.69 Å². The van der Waals surface area contributed by atoms with Crippen molar-refractivity contribution in [2.45, 2.75) is 32.2 Å². The largest absolute Gasteiger partial charge is 0.476 e. The van der Waals surface area contributed by atoms with E-state index in [1.54, 1.807) is 6.20 Å². The summed E-state index contributed by atoms with van der Waals surface area (Å²) in [6, 6.07) is 8.81. The summed E-state index contributed by atoms with van der Waals surface area (Å²) in [4.78, 5) is 23.4. The molecule has 4 rings (SSSR count). The molecule has 0 radical (unpaired) electrons. The van der Waals surface area contributed by atoms with Gasteiger partial charge in [0.25, 0.3) is 5.91 Å². The molecule has 3 aromatic rings. The molecule has 0 atom stereocenters. The molecule has 27 heavy (non-hydrogen) atoms. The van der Waals surface area contributed by atoms with Crippen LogP contribution in [0, 0.1) is 0 Å². The number of nitrogens with zero attached hydrogens (tertiary/aromatic N) is 3. The zero-order chi connectivity index (χ0) is 18.8. The molecule has 0 spiro atoms. The number of carbonyl (C=O) groups is 2. The van der Waals surface area contributed by atoms with Crippen molar-refractivity contribution >= 4 is 11.9 Å². The Bertz CT molecular complexity index is 1000. The van der Waals surface area contributed by atoms with Gasteiger partial charge in [-0.25, -0.2) is 9.48 Å². The molecular formula is C19H18N4O4. The predicted molar refractivity (Wildman–Crippen MR) is 94.8 cm³/mol. The Balaban J connectivity index is 1.46. The number of benzene rings is 1. The van der Waals surface area contributed by atoms with Crippen molar-refractivity contribution in [1.82, 2.24) is 20.3 Å². The number of carboxylic acid groups (broad SMARTS) is 1. The Hall–Kier alpha value is -3.42. The molecule has 8 heteroatoms. The second-order valence-corrected chi connectivity index (χ2v) is 6.44. The molecule has 0 unspecified atom stereocenters. The Kier molecular flexibility index (Phi) is 4.45. The molecule has 138 valence electrons. The Labute approximate surface area is 154 Å². The van der Waals surface area contributed by atoms with Gasteiger partial charge in [-0.1, -0.05) is 17.3 Å². The maximum absolute atomic E-state index is 12.5. The lowest BCUT2D eigenvalue weighted by molar-refractivity contribution is 0.0689. The van der Waals surface area contributed by atoms with E-state index in [1.807, 2.05) is 24.3 Å². The molecule has 2 heterocycles. The Morgan fingerprint density at radius 3 is 2.89 bits per heavy atom. The molecular weight excluding hydrogens is 348 g/mol. The third-order valence-corrected chi connectivity index (χ3v) is 4.60. The number of fused-ring (bicyclic) bond motifs is 1. The Morgan fingerprint density at radius 1 is 1.22 bits per heavy atom. The molecule has 1 amide bonds. The lowest BCUT2D eigenvalue weighted by Crippen LogP contribution is -2.24. The van der Waals surface area contributed by atoms with Crippen molar-refractivity contribution < 1.29 is 19.2 Å². The quantitative estimate of drug-likeness (QED) is 0.717. The van der Waals surface area contributed by atoms with E-state index in [4.69, 9.17) is 9.63 Å². The molecule has 1 aliphatic rings. The number of rotatable bonds is 5. The number of hydrogen-bond donors (Lipinski definition) is 2. The third-order valence-electron chi connectivity index (χ3n) is 4.60. The van der Waals surface area contributed by atoms with E-state index in [0.717, 1.165) is 42.6 Å². The number of carboxylic acids is 1. The minimum absolute atomic E-state index is 0.0236. The van der Waals surface area contributed by atoms with Crippen molar-refractivity contribution in [3.05, 3.63) is 64.8 Å². The first kappa shape index (κ1) is 17.0. The first-order chi connectivity index (χ1) is 13.1. The van der Waals surface area contributed by atoms with Crippen molar-refractivity contribution in [3.63, 3.8) is 0 Å². The summed E-state index contributed by atoms with van der Waals surface area (Å²) in [5, 5.41) is 19.8. The van der Waals surface area contributed by atoms with Gasteiger partial charge in [0.05, 0.1) is 5.69 Å². The van der Waals surface area contributed by atoms with Gasteiger partial charge in [-0.05, 0) is 43.0 Å². The zero-order valence-corrected chi connectivity index (χ0v) is 14.5. The first-order valence-electron chi connectivity index (χ1n) is 8.76. The summed E-state index contributed by atoms with van der Waals surface area (Å²) in [5.74, 6) is -0.506. The van der Waals surface area contributed by atoms with Gasteiger partial charge < -0.3 is 14.9 Å². The van der Waals surface area contributed by atoms with Crippen LogP contribution >= 0.6 is 0 Å². The zero-order valence-electron chi connectivity index (χ0n) is 14.5. The van der Waals surface area contributed by atoms with Crippen LogP contribution in [0.3, 0.4) is 0 Å². The summed E-state index contributed by atoms with van der Waals surface area (Å²) in [6.45, 7) is 0.321. The number of carbonyl (C=O) groups excluding carboxylic acids is 1. The molecule has 2 N–H and O–H groups in total. The minimum atomic E-state index is -1.08. The number of amides is 1. The van der Waals surface area contributed by atoms with E-state index in [2.05, 4.69) is 15.6 Å². The van der Waals surface area contributed by atoms with Gasteiger partial charge in [0, 0.05) is 24.7 Å². The standard InChI is InChI=1S/C19H18N4O4/c24-18(17-14-6-1-2-7-16(14)27-22-17)20-11-12-4-3-5-13(10-12)23-9-8-15(21-23)19(25)26/h3-5,8-10H,1-2,6-7,11H2,(H,20,24)(H,25,26). The van der Waals surface area contributed by atoms with Crippen LogP contribution in [0.25, 0.3) is 5.69 Å². The summed E-state index contributed by atoms with van der Waals surface area (Å²) in [6.07, 6.45) is 5.34. The van der Waals surface area contributed by atoms with Crippen LogP contribution in [0.1, 0.15) is 50.7 Å². The fourth-order valence-electron chi connectivity index (χ4n) is 3.22. The Morgan fingerprint density at radius 2 is 2.07 bits per heavy atom. The molecule has 0 fully saturated rings. The molecule has 0 bridgehead atoms. The molecule has 1 aliphatic carbocycles. The maximum Gasteiger partial charge on any atom is 0.356 e. The number of hydrogen-bond acceptors (Lipinski definition) is 5. The maximum atomic E-state index is 12.5. The summed E-state index contributed by atoms with van der Waals surface area (Å²) in [7, 11) is 0. The van der Waals surface area contributed by atoms with Crippen LogP contribution in [-0.2, 0) is 19.4 Å². The van der Waals surface area contributed by atoms with Crippen LogP contribution in [0.4, 0.5) is 0 Å². The van der Waals surface area contributed by atoms with Crippen LogP contribution in [0.5, 0.6) is 0 Å². The molecule has 1 aromatic carbocycles. The van der Waals surface area contributed by atoms with Gasteiger partial charge >= 0.3 is 5.97 Å². The van der Waals surface area contributed by atoms with Crippen LogP contribution in [0.15, 0.2) is 41.1 Å². The average molecular weight is 366 g/mol. The van der Waals surface area contributed by atoms with E-state index < -0.39 is 5.97 Å². The monoisotopic (exact) mass is 366 g/mol. The van der Waals surface area contributed by atoms with Gasteiger partial charge in [0.2, 0.25) is 0 Å². The highest BCUT2D eigenvalue weighted by Crippen LogP contribution is 2.24. The first-order valence-corrected chi connectivity index (χ1v) is 8.76. The lowest BCUT2D eigenvalue weighted by Gasteiger charge is -2.10. The fourth-order valence-corrected chi connectivity index (χ4v) is 3.22. The van der Waals surface area contributed by atoms with Gasteiger partial charge in [-0.3, -0.25) is 4.79 Å². The smallest absolute Gasteiger partial charge is 0.356 e. The number of aromatic nitrogens is 3. The topological polar surface area (TPSA) is 110 Å². The number of nitrogens with one attached hydrogen (secondary N) is 1. The summed E-state index contributed by atoms with van der Waals surface area (Å²) >= 11 is 0.